The summed E-state index contributed by atoms with van der Waals surface area (Å²) >= 11 is 1.55. The molecular formula is C14H16N2O2S. The zero-order valence-electron chi connectivity index (χ0n) is 11.2. The van der Waals surface area contributed by atoms with E-state index in [0.717, 1.165) is 28.2 Å². The molecule has 1 unspecified atom stereocenters. The van der Waals surface area contributed by atoms with Gasteiger partial charge in [0.2, 0.25) is 0 Å². The minimum absolute atomic E-state index is 0.112. The Hall–Kier alpha value is -1.75. The molecule has 0 saturated carbocycles. The molecule has 0 spiro atoms. The van der Waals surface area contributed by atoms with Crippen LogP contribution in [0.4, 0.5) is 5.69 Å². The molecule has 0 radical (unpaired) electrons. The third kappa shape index (κ3) is 2.81. The first kappa shape index (κ1) is 13.7. The van der Waals surface area contributed by atoms with Gasteiger partial charge in [-0.1, -0.05) is 19.9 Å². The van der Waals surface area contributed by atoms with Crippen molar-refractivity contribution in [2.75, 3.05) is 0 Å². The van der Waals surface area contributed by atoms with Crippen LogP contribution in [0.5, 0.6) is 0 Å². The van der Waals surface area contributed by atoms with Crippen LogP contribution in [0.1, 0.15) is 37.4 Å². The van der Waals surface area contributed by atoms with Crippen LogP contribution in [0.3, 0.4) is 0 Å². The maximum Gasteiger partial charge on any atom is 0.270 e. The van der Waals surface area contributed by atoms with E-state index in [1.165, 1.54) is 6.07 Å². The highest BCUT2D eigenvalue weighted by atomic mass is 32.1. The molecule has 2 rings (SSSR count). The fourth-order valence-corrected chi connectivity index (χ4v) is 2.82. The SMILES string of the molecule is CCC(C)c1csc(-c2cc([N+](=O)[O-])ccc2C)n1. The number of nitro groups is 1. The molecule has 1 atom stereocenters. The van der Waals surface area contributed by atoms with Gasteiger partial charge in [0, 0.05) is 23.1 Å². The lowest BCUT2D eigenvalue weighted by Crippen LogP contribution is -1.93. The Kier molecular flexibility index (Phi) is 3.95. The van der Waals surface area contributed by atoms with Crippen molar-refractivity contribution in [3.05, 3.63) is 45.0 Å². The van der Waals surface area contributed by atoms with Crippen LogP contribution in [0.25, 0.3) is 10.6 Å². The standard InChI is InChI=1S/C14H16N2O2S/c1-4-9(2)13-8-19-14(15-13)12-7-11(16(17)18)6-5-10(12)3/h5-9H,4H2,1-3H3. The van der Waals surface area contributed by atoms with E-state index in [9.17, 15) is 10.1 Å². The second-order valence-corrected chi connectivity index (χ2v) is 5.50. The van der Waals surface area contributed by atoms with Crippen LogP contribution in [0.2, 0.25) is 0 Å². The number of aromatic nitrogens is 1. The number of rotatable bonds is 4. The Morgan fingerprint density at radius 2 is 2.21 bits per heavy atom. The van der Waals surface area contributed by atoms with Crippen molar-refractivity contribution >= 4 is 17.0 Å². The summed E-state index contributed by atoms with van der Waals surface area (Å²) in [6.07, 6.45) is 1.04. The maximum absolute atomic E-state index is 10.8. The Balaban J connectivity index is 2.43. The molecule has 4 nitrogen and oxygen atoms in total. The molecule has 0 N–H and O–H groups in total. The molecule has 19 heavy (non-hydrogen) atoms. The lowest BCUT2D eigenvalue weighted by Gasteiger charge is -2.04. The number of aryl methyl sites for hydroxylation is 1. The number of nitrogens with zero attached hydrogens (tertiary/aromatic N) is 2. The summed E-state index contributed by atoms with van der Waals surface area (Å²) in [5.74, 6) is 0.420. The molecule has 0 aliphatic rings. The van der Waals surface area contributed by atoms with Crippen LogP contribution in [-0.4, -0.2) is 9.91 Å². The molecule has 1 heterocycles. The Morgan fingerprint density at radius 3 is 2.84 bits per heavy atom. The molecule has 100 valence electrons. The normalized spacial score (nSPS) is 12.4. The summed E-state index contributed by atoms with van der Waals surface area (Å²) in [5, 5.41) is 13.7. The van der Waals surface area contributed by atoms with Crippen molar-refractivity contribution < 1.29 is 4.92 Å². The molecule has 0 saturated heterocycles. The molecule has 1 aromatic heterocycles. The van der Waals surface area contributed by atoms with E-state index < -0.39 is 0 Å². The number of non-ortho nitro benzene ring substituents is 1. The molecule has 1 aromatic carbocycles. The van der Waals surface area contributed by atoms with Gasteiger partial charge in [-0.2, -0.15) is 0 Å². The molecule has 5 heteroatoms. The minimum atomic E-state index is -0.369. The summed E-state index contributed by atoms with van der Waals surface area (Å²) in [4.78, 5) is 15.1. The van der Waals surface area contributed by atoms with Crippen molar-refractivity contribution in [3.8, 4) is 10.6 Å². The monoisotopic (exact) mass is 276 g/mol. The fraction of sp³-hybridized carbons (Fsp3) is 0.357. The lowest BCUT2D eigenvalue weighted by molar-refractivity contribution is -0.384. The van der Waals surface area contributed by atoms with Crippen molar-refractivity contribution in [2.45, 2.75) is 33.1 Å². The van der Waals surface area contributed by atoms with Crippen molar-refractivity contribution in [1.82, 2.24) is 4.98 Å². The quantitative estimate of drug-likeness (QED) is 0.608. The maximum atomic E-state index is 10.8. The first-order valence-electron chi connectivity index (χ1n) is 6.23. The van der Waals surface area contributed by atoms with Crippen molar-refractivity contribution in [2.24, 2.45) is 0 Å². The first-order chi connectivity index (χ1) is 9.02. The highest BCUT2D eigenvalue weighted by Gasteiger charge is 2.14. The number of hydrogen-bond donors (Lipinski definition) is 0. The van der Waals surface area contributed by atoms with Gasteiger partial charge in [-0.05, 0) is 24.8 Å². The third-order valence-electron chi connectivity index (χ3n) is 3.30. The van der Waals surface area contributed by atoms with Gasteiger partial charge >= 0.3 is 0 Å². The topological polar surface area (TPSA) is 56.0 Å². The molecular weight excluding hydrogens is 260 g/mol. The van der Waals surface area contributed by atoms with Crippen molar-refractivity contribution in [3.63, 3.8) is 0 Å². The average molecular weight is 276 g/mol. The van der Waals surface area contributed by atoms with Gasteiger partial charge < -0.3 is 0 Å². The number of nitro benzene ring substituents is 1. The van der Waals surface area contributed by atoms with E-state index in [-0.39, 0.29) is 10.6 Å². The lowest BCUT2D eigenvalue weighted by atomic mass is 10.1. The third-order valence-corrected chi connectivity index (χ3v) is 4.20. The van der Waals surface area contributed by atoms with Gasteiger partial charge in [-0.25, -0.2) is 4.98 Å². The summed E-state index contributed by atoms with van der Waals surface area (Å²) in [5.41, 5.74) is 3.04. The average Bonchev–Trinajstić information content (AvgIpc) is 2.87. The first-order valence-corrected chi connectivity index (χ1v) is 7.11. The van der Waals surface area contributed by atoms with Gasteiger partial charge in [0.05, 0.1) is 10.6 Å². The number of benzene rings is 1. The fourth-order valence-electron chi connectivity index (χ4n) is 1.80. The molecule has 0 aliphatic heterocycles. The van der Waals surface area contributed by atoms with E-state index in [4.69, 9.17) is 0 Å². The summed E-state index contributed by atoms with van der Waals surface area (Å²) < 4.78 is 0. The van der Waals surface area contributed by atoms with E-state index >= 15 is 0 Å². The molecule has 0 fully saturated rings. The molecule has 0 aliphatic carbocycles. The number of hydrogen-bond acceptors (Lipinski definition) is 4. The predicted octanol–water partition coefficient (Wildman–Crippen LogP) is 4.54. The van der Waals surface area contributed by atoms with Gasteiger partial charge in [-0.15, -0.1) is 11.3 Å². The summed E-state index contributed by atoms with van der Waals surface area (Å²) in [6.45, 7) is 6.21. The van der Waals surface area contributed by atoms with E-state index in [1.54, 1.807) is 23.5 Å². The summed E-state index contributed by atoms with van der Waals surface area (Å²) in [7, 11) is 0. The second-order valence-electron chi connectivity index (χ2n) is 4.64. The van der Waals surface area contributed by atoms with E-state index in [1.807, 2.05) is 12.3 Å². The molecule has 0 amide bonds. The van der Waals surface area contributed by atoms with Crippen molar-refractivity contribution in [1.29, 1.82) is 0 Å². The van der Waals surface area contributed by atoms with Crippen LogP contribution in [-0.2, 0) is 0 Å². The Morgan fingerprint density at radius 1 is 1.47 bits per heavy atom. The summed E-state index contributed by atoms with van der Waals surface area (Å²) in [6, 6.07) is 4.91. The van der Waals surface area contributed by atoms with E-state index in [0.29, 0.717) is 5.92 Å². The zero-order chi connectivity index (χ0) is 14.0. The second kappa shape index (κ2) is 5.48. The van der Waals surface area contributed by atoms with Gasteiger partial charge in [0.15, 0.2) is 0 Å². The smallest absolute Gasteiger partial charge is 0.258 e. The van der Waals surface area contributed by atoms with Crippen LogP contribution < -0.4 is 0 Å². The van der Waals surface area contributed by atoms with Crippen LogP contribution in [0.15, 0.2) is 23.6 Å². The van der Waals surface area contributed by atoms with Crippen LogP contribution in [0, 0.1) is 17.0 Å². The highest BCUT2D eigenvalue weighted by molar-refractivity contribution is 7.13. The molecule has 0 bridgehead atoms. The van der Waals surface area contributed by atoms with Gasteiger partial charge in [-0.3, -0.25) is 10.1 Å². The number of thiazole rings is 1. The largest absolute Gasteiger partial charge is 0.270 e. The predicted molar refractivity (Wildman–Crippen MR) is 77.6 cm³/mol. The minimum Gasteiger partial charge on any atom is -0.258 e. The Labute approximate surface area is 116 Å². The van der Waals surface area contributed by atoms with Crippen LogP contribution >= 0.6 is 11.3 Å². The van der Waals surface area contributed by atoms with Gasteiger partial charge in [0.25, 0.3) is 5.69 Å². The van der Waals surface area contributed by atoms with Gasteiger partial charge in [0.1, 0.15) is 5.01 Å². The highest BCUT2D eigenvalue weighted by Crippen LogP contribution is 2.32. The van der Waals surface area contributed by atoms with E-state index in [2.05, 4.69) is 18.8 Å². The zero-order valence-corrected chi connectivity index (χ0v) is 12.0. The molecule has 2 aromatic rings. The Bertz CT molecular complexity index is 607.